The summed E-state index contributed by atoms with van der Waals surface area (Å²) in [7, 11) is 0. The van der Waals surface area contributed by atoms with E-state index in [1.165, 1.54) is 38.8 Å². The van der Waals surface area contributed by atoms with Crippen LogP contribution in [-0.2, 0) is 0 Å². The molecule has 2 heteroatoms. The monoisotopic (exact) mass is 283 g/mol. The Balaban J connectivity index is 2.50. The Morgan fingerprint density at radius 1 is 1.05 bits per heavy atom. The second-order valence-corrected chi connectivity index (χ2v) is 8.40. The predicted octanol–water partition coefficient (Wildman–Crippen LogP) is 4.18. The number of hydrogen-bond acceptors (Lipinski definition) is 2. The first-order chi connectivity index (χ1) is 9.22. The smallest absolute Gasteiger partial charge is 0.0631 e. The van der Waals surface area contributed by atoms with Crippen molar-refractivity contribution in [2.24, 2.45) is 23.2 Å². The highest BCUT2D eigenvalue weighted by atomic mass is 16.3. The normalized spacial score (nSPS) is 26.1. The van der Waals surface area contributed by atoms with Gasteiger partial charge >= 0.3 is 0 Å². The van der Waals surface area contributed by atoms with Crippen LogP contribution in [0.15, 0.2) is 0 Å². The van der Waals surface area contributed by atoms with E-state index in [4.69, 9.17) is 0 Å². The lowest BCUT2D eigenvalue weighted by atomic mass is 9.87. The summed E-state index contributed by atoms with van der Waals surface area (Å²) >= 11 is 0. The second-order valence-electron chi connectivity index (χ2n) is 8.40. The Hall–Kier alpha value is -0.0800. The molecule has 1 saturated carbocycles. The third-order valence-electron chi connectivity index (χ3n) is 4.94. The minimum atomic E-state index is -0.122. The molecule has 2 atom stereocenters. The highest BCUT2D eigenvalue weighted by Gasteiger charge is 2.41. The lowest BCUT2D eigenvalue weighted by molar-refractivity contribution is 0.0315. The van der Waals surface area contributed by atoms with Crippen LogP contribution in [0.4, 0.5) is 0 Å². The molecule has 0 saturated heterocycles. The molecule has 0 aliphatic heterocycles. The Labute approximate surface area is 126 Å². The number of aliphatic hydroxyl groups is 1. The number of aliphatic hydroxyl groups excluding tert-OH is 1. The van der Waals surface area contributed by atoms with Gasteiger partial charge in [-0.1, -0.05) is 41.5 Å². The molecule has 0 spiro atoms. The van der Waals surface area contributed by atoms with Crippen molar-refractivity contribution >= 4 is 0 Å². The van der Waals surface area contributed by atoms with E-state index in [2.05, 4.69) is 46.4 Å². The lowest BCUT2D eigenvalue weighted by Crippen LogP contribution is -2.38. The van der Waals surface area contributed by atoms with Gasteiger partial charge in [0.1, 0.15) is 0 Å². The predicted molar refractivity (Wildman–Crippen MR) is 87.9 cm³/mol. The highest BCUT2D eigenvalue weighted by molar-refractivity contribution is 4.92. The van der Waals surface area contributed by atoms with Crippen molar-refractivity contribution in [1.29, 1.82) is 0 Å². The summed E-state index contributed by atoms with van der Waals surface area (Å²) in [6.07, 6.45) is 4.77. The Bertz CT molecular complexity index is 261. The zero-order valence-corrected chi connectivity index (χ0v) is 14.7. The van der Waals surface area contributed by atoms with E-state index in [1.54, 1.807) is 0 Å². The molecule has 0 bridgehead atoms. The molecule has 0 radical (unpaired) electrons. The Kier molecular flexibility index (Phi) is 7.00. The van der Waals surface area contributed by atoms with Gasteiger partial charge in [0.2, 0.25) is 0 Å². The van der Waals surface area contributed by atoms with Crippen LogP contribution in [0.5, 0.6) is 0 Å². The van der Waals surface area contributed by atoms with Crippen molar-refractivity contribution in [3.8, 4) is 0 Å². The fraction of sp³-hybridized carbons (Fsp3) is 1.00. The first-order valence-corrected chi connectivity index (χ1v) is 8.62. The first kappa shape index (κ1) is 18.0. The van der Waals surface area contributed by atoms with Gasteiger partial charge in [0, 0.05) is 6.54 Å². The standard InChI is InChI=1S/C18H37NO/c1-14(2)8-11-19(12-9-15(3)4)13-16-7-10-18(5,6)17(16)20/h14-17,20H,7-13H2,1-6H3. The molecule has 1 fully saturated rings. The summed E-state index contributed by atoms with van der Waals surface area (Å²) < 4.78 is 0. The highest BCUT2D eigenvalue weighted by Crippen LogP contribution is 2.41. The van der Waals surface area contributed by atoms with E-state index < -0.39 is 0 Å². The van der Waals surface area contributed by atoms with Crippen LogP contribution in [0, 0.1) is 23.2 Å². The number of hydrogen-bond donors (Lipinski definition) is 1. The van der Waals surface area contributed by atoms with Gasteiger partial charge in [-0.25, -0.2) is 0 Å². The summed E-state index contributed by atoms with van der Waals surface area (Å²) in [5, 5.41) is 10.5. The maximum absolute atomic E-state index is 10.5. The van der Waals surface area contributed by atoms with Crippen molar-refractivity contribution < 1.29 is 5.11 Å². The second kappa shape index (κ2) is 7.79. The van der Waals surface area contributed by atoms with E-state index in [-0.39, 0.29) is 11.5 Å². The third kappa shape index (κ3) is 5.73. The van der Waals surface area contributed by atoms with Gasteiger partial charge in [-0.3, -0.25) is 0 Å². The molecule has 0 aromatic rings. The third-order valence-corrected chi connectivity index (χ3v) is 4.94. The molecule has 0 aromatic heterocycles. The summed E-state index contributed by atoms with van der Waals surface area (Å²) in [5.74, 6) is 2.01. The maximum atomic E-state index is 10.5. The van der Waals surface area contributed by atoms with Crippen LogP contribution in [0.1, 0.15) is 67.2 Å². The molecule has 120 valence electrons. The minimum Gasteiger partial charge on any atom is -0.392 e. The molecule has 1 aliphatic rings. The average Bonchev–Trinajstić information content (AvgIpc) is 2.59. The van der Waals surface area contributed by atoms with Crippen LogP contribution >= 0.6 is 0 Å². The first-order valence-electron chi connectivity index (χ1n) is 8.62. The summed E-state index contributed by atoms with van der Waals surface area (Å²) in [4.78, 5) is 2.61. The maximum Gasteiger partial charge on any atom is 0.0631 e. The molecule has 2 nitrogen and oxygen atoms in total. The quantitative estimate of drug-likeness (QED) is 0.722. The van der Waals surface area contributed by atoms with Crippen molar-refractivity contribution in [1.82, 2.24) is 4.90 Å². The van der Waals surface area contributed by atoms with Gasteiger partial charge in [0.25, 0.3) is 0 Å². The summed E-state index contributed by atoms with van der Waals surface area (Å²) in [6.45, 7) is 17.1. The number of rotatable bonds is 8. The molecular formula is C18H37NO. The van der Waals surface area contributed by atoms with E-state index in [1.807, 2.05) is 0 Å². The van der Waals surface area contributed by atoms with Crippen molar-refractivity contribution in [3.63, 3.8) is 0 Å². The molecule has 1 N–H and O–H groups in total. The van der Waals surface area contributed by atoms with Gasteiger partial charge in [-0.15, -0.1) is 0 Å². The van der Waals surface area contributed by atoms with Gasteiger partial charge in [-0.2, -0.15) is 0 Å². The van der Waals surface area contributed by atoms with Crippen LogP contribution in [-0.4, -0.2) is 35.7 Å². The fourth-order valence-electron chi connectivity index (χ4n) is 3.20. The van der Waals surface area contributed by atoms with Gasteiger partial charge in [0.15, 0.2) is 0 Å². The van der Waals surface area contributed by atoms with Gasteiger partial charge in [0.05, 0.1) is 6.10 Å². The van der Waals surface area contributed by atoms with Crippen LogP contribution in [0.3, 0.4) is 0 Å². The molecule has 0 amide bonds. The molecular weight excluding hydrogens is 246 g/mol. The lowest BCUT2D eigenvalue weighted by Gasteiger charge is -2.31. The van der Waals surface area contributed by atoms with Gasteiger partial charge in [-0.05, 0) is 61.9 Å². The molecule has 0 heterocycles. The summed E-state index contributed by atoms with van der Waals surface area (Å²) in [6, 6.07) is 0. The molecule has 1 rings (SSSR count). The van der Waals surface area contributed by atoms with Crippen molar-refractivity contribution in [2.75, 3.05) is 19.6 Å². The Morgan fingerprint density at radius 2 is 1.55 bits per heavy atom. The molecule has 1 aliphatic carbocycles. The Morgan fingerprint density at radius 3 is 1.90 bits per heavy atom. The van der Waals surface area contributed by atoms with E-state index >= 15 is 0 Å². The zero-order chi connectivity index (χ0) is 15.3. The fourth-order valence-corrected chi connectivity index (χ4v) is 3.20. The minimum absolute atomic E-state index is 0.117. The molecule has 2 unspecified atom stereocenters. The topological polar surface area (TPSA) is 23.5 Å². The van der Waals surface area contributed by atoms with E-state index in [9.17, 15) is 5.11 Å². The van der Waals surface area contributed by atoms with Gasteiger partial charge < -0.3 is 10.0 Å². The van der Waals surface area contributed by atoms with E-state index in [0.717, 1.165) is 18.4 Å². The average molecular weight is 283 g/mol. The number of nitrogens with zero attached hydrogens (tertiary/aromatic N) is 1. The molecule has 0 aromatic carbocycles. The SMILES string of the molecule is CC(C)CCN(CCC(C)C)CC1CCC(C)(C)C1O. The van der Waals surface area contributed by atoms with E-state index in [0.29, 0.717) is 5.92 Å². The molecule has 20 heavy (non-hydrogen) atoms. The van der Waals surface area contributed by atoms with Crippen LogP contribution < -0.4 is 0 Å². The largest absolute Gasteiger partial charge is 0.392 e. The van der Waals surface area contributed by atoms with Crippen molar-refractivity contribution in [2.45, 2.75) is 73.3 Å². The zero-order valence-electron chi connectivity index (χ0n) is 14.7. The summed E-state index contributed by atoms with van der Waals surface area (Å²) in [5.41, 5.74) is 0.117. The van der Waals surface area contributed by atoms with Crippen LogP contribution in [0.2, 0.25) is 0 Å². The van der Waals surface area contributed by atoms with Crippen LogP contribution in [0.25, 0.3) is 0 Å². The van der Waals surface area contributed by atoms with Crippen molar-refractivity contribution in [3.05, 3.63) is 0 Å².